The predicted octanol–water partition coefficient (Wildman–Crippen LogP) is 2.76. The molecule has 0 radical (unpaired) electrons. The molecule has 1 fully saturated rings. The van der Waals surface area contributed by atoms with Crippen molar-refractivity contribution < 1.29 is 9.53 Å². The minimum Gasteiger partial charge on any atom is -0.497 e. The zero-order chi connectivity index (χ0) is 23.3. The molecule has 0 bridgehead atoms. The Morgan fingerprint density at radius 1 is 0.912 bits per heavy atom. The number of carbonyl (C=O) groups excluding carboxylic acids is 1. The maximum absolute atomic E-state index is 13.2. The molecule has 34 heavy (non-hydrogen) atoms. The molecule has 1 aliphatic heterocycles. The highest BCUT2D eigenvalue weighted by Crippen LogP contribution is 2.25. The fourth-order valence-corrected chi connectivity index (χ4v) is 3.98. The van der Waals surface area contributed by atoms with Gasteiger partial charge in [-0.2, -0.15) is 0 Å². The van der Waals surface area contributed by atoms with Gasteiger partial charge < -0.3 is 14.5 Å². The van der Waals surface area contributed by atoms with Gasteiger partial charge in [0, 0.05) is 49.7 Å². The van der Waals surface area contributed by atoms with Gasteiger partial charge in [0.1, 0.15) is 12.3 Å². The number of amides is 1. The first-order valence-electron chi connectivity index (χ1n) is 11.2. The fourth-order valence-electron chi connectivity index (χ4n) is 3.98. The van der Waals surface area contributed by atoms with E-state index in [0.717, 1.165) is 16.9 Å². The van der Waals surface area contributed by atoms with E-state index in [9.17, 15) is 4.79 Å². The van der Waals surface area contributed by atoms with Crippen molar-refractivity contribution in [1.29, 1.82) is 0 Å². The summed E-state index contributed by atoms with van der Waals surface area (Å²) in [6, 6.07) is 19.2. The minimum absolute atomic E-state index is 0.00732. The van der Waals surface area contributed by atoms with Crippen molar-refractivity contribution in [2.24, 2.45) is 0 Å². The lowest BCUT2D eigenvalue weighted by atomic mass is 10.2. The van der Waals surface area contributed by atoms with E-state index in [1.165, 1.54) is 0 Å². The van der Waals surface area contributed by atoms with Crippen LogP contribution >= 0.6 is 0 Å². The van der Waals surface area contributed by atoms with Crippen molar-refractivity contribution in [2.75, 3.05) is 38.2 Å². The first kappa shape index (κ1) is 21.6. The number of anilines is 1. The summed E-state index contributed by atoms with van der Waals surface area (Å²) in [5.74, 6) is 2.64. The first-order valence-corrected chi connectivity index (χ1v) is 11.2. The van der Waals surface area contributed by atoms with Crippen molar-refractivity contribution in [3.63, 3.8) is 0 Å². The Hall–Kier alpha value is -4.27. The Morgan fingerprint density at radius 3 is 2.38 bits per heavy atom. The van der Waals surface area contributed by atoms with Gasteiger partial charge >= 0.3 is 0 Å². The molecule has 2 aromatic carbocycles. The van der Waals surface area contributed by atoms with Gasteiger partial charge in [-0.3, -0.25) is 4.79 Å². The molecule has 4 aromatic rings. The van der Waals surface area contributed by atoms with Gasteiger partial charge in [-0.05, 0) is 18.2 Å². The molecule has 0 unspecified atom stereocenters. The molecular formula is C25H25N7O2. The Labute approximate surface area is 197 Å². The lowest BCUT2D eigenvalue weighted by Crippen LogP contribution is -2.50. The summed E-state index contributed by atoms with van der Waals surface area (Å²) in [4.78, 5) is 30.6. The van der Waals surface area contributed by atoms with Crippen LogP contribution in [0.5, 0.6) is 5.75 Å². The second-order valence-electron chi connectivity index (χ2n) is 7.93. The highest BCUT2D eigenvalue weighted by atomic mass is 16.5. The molecule has 9 heteroatoms. The number of nitrogens with zero attached hydrogens (tertiary/aromatic N) is 7. The first-order chi connectivity index (χ1) is 16.7. The molecule has 3 heterocycles. The number of aromatic nitrogens is 5. The highest BCUT2D eigenvalue weighted by Gasteiger charge is 2.24. The van der Waals surface area contributed by atoms with Crippen LogP contribution in [0.4, 0.5) is 5.95 Å². The van der Waals surface area contributed by atoms with Gasteiger partial charge in [-0.15, -0.1) is 5.10 Å². The molecule has 1 saturated heterocycles. The van der Waals surface area contributed by atoms with E-state index in [-0.39, 0.29) is 12.5 Å². The topological polar surface area (TPSA) is 89.3 Å². The molecule has 5 rings (SSSR count). The van der Waals surface area contributed by atoms with Gasteiger partial charge in [-0.25, -0.2) is 19.6 Å². The van der Waals surface area contributed by atoms with Crippen LogP contribution in [0.2, 0.25) is 0 Å². The summed E-state index contributed by atoms with van der Waals surface area (Å²) in [6.45, 7) is 2.70. The Morgan fingerprint density at radius 2 is 1.65 bits per heavy atom. The van der Waals surface area contributed by atoms with E-state index in [4.69, 9.17) is 14.8 Å². The zero-order valence-electron chi connectivity index (χ0n) is 18.9. The monoisotopic (exact) mass is 455 g/mol. The molecule has 0 atom stereocenters. The van der Waals surface area contributed by atoms with E-state index < -0.39 is 0 Å². The maximum atomic E-state index is 13.2. The number of ether oxygens (including phenoxy) is 1. The summed E-state index contributed by atoms with van der Waals surface area (Å²) in [5.41, 5.74) is 1.74. The van der Waals surface area contributed by atoms with Crippen molar-refractivity contribution >= 4 is 11.9 Å². The molecule has 1 aliphatic rings. The van der Waals surface area contributed by atoms with Crippen molar-refractivity contribution in [3.8, 4) is 28.5 Å². The van der Waals surface area contributed by atoms with Crippen LogP contribution < -0.4 is 9.64 Å². The van der Waals surface area contributed by atoms with Crippen LogP contribution in [-0.2, 0) is 11.3 Å². The van der Waals surface area contributed by atoms with Crippen molar-refractivity contribution in [1.82, 2.24) is 29.6 Å². The van der Waals surface area contributed by atoms with Gasteiger partial charge in [0.2, 0.25) is 11.9 Å². The van der Waals surface area contributed by atoms with Crippen LogP contribution in [0, 0.1) is 0 Å². The smallest absolute Gasteiger partial charge is 0.244 e. The van der Waals surface area contributed by atoms with Gasteiger partial charge in [0.05, 0.1) is 7.11 Å². The lowest BCUT2D eigenvalue weighted by molar-refractivity contribution is -0.132. The Balaban J connectivity index is 1.36. The van der Waals surface area contributed by atoms with E-state index in [1.54, 1.807) is 30.3 Å². The van der Waals surface area contributed by atoms with Gasteiger partial charge in [-0.1, -0.05) is 42.5 Å². The highest BCUT2D eigenvalue weighted by molar-refractivity contribution is 5.77. The van der Waals surface area contributed by atoms with Gasteiger partial charge in [0.25, 0.3) is 0 Å². The lowest BCUT2D eigenvalue weighted by Gasteiger charge is -2.34. The summed E-state index contributed by atoms with van der Waals surface area (Å²) in [7, 11) is 1.63. The fraction of sp³-hybridized carbons (Fsp3) is 0.240. The molecule has 0 spiro atoms. The average Bonchev–Trinajstić information content (AvgIpc) is 3.33. The van der Waals surface area contributed by atoms with Crippen LogP contribution in [-0.4, -0.2) is 68.8 Å². The third-order valence-electron chi connectivity index (χ3n) is 5.78. The number of hydrogen-bond acceptors (Lipinski definition) is 7. The number of benzene rings is 2. The third-order valence-corrected chi connectivity index (χ3v) is 5.78. The molecular weight excluding hydrogens is 430 g/mol. The van der Waals surface area contributed by atoms with Gasteiger partial charge in [0.15, 0.2) is 11.6 Å². The van der Waals surface area contributed by atoms with Crippen LogP contribution in [0.25, 0.3) is 22.8 Å². The number of hydrogen-bond donors (Lipinski definition) is 0. The molecule has 0 aliphatic carbocycles. The Bertz CT molecular complexity index is 1250. The average molecular weight is 456 g/mol. The standard InChI is InChI=1S/C25H25N7O2/c1-34-21-10-5-9-20(17-21)23-28-24(19-7-3-2-4-8-19)32(29-23)18-22(33)30-13-15-31(16-14-30)25-26-11-6-12-27-25/h2-12,17H,13-16,18H2,1H3. The number of methoxy groups -OCH3 is 1. The third kappa shape index (κ3) is 4.59. The van der Waals surface area contributed by atoms with E-state index in [1.807, 2.05) is 59.5 Å². The van der Waals surface area contributed by atoms with Crippen molar-refractivity contribution in [3.05, 3.63) is 73.1 Å². The number of carbonyl (C=O) groups is 1. The van der Waals surface area contributed by atoms with E-state index in [0.29, 0.717) is 43.8 Å². The van der Waals surface area contributed by atoms with E-state index in [2.05, 4.69) is 14.9 Å². The van der Waals surface area contributed by atoms with E-state index >= 15 is 0 Å². The molecule has 2 aromatic heterocycles. The minimum atomic E-state index is 0.00732. The zero-order valence-corrected chi connectivity index (χ0v) is 18.9. The molecule has 0 saturated carbocycles. The quantitative estimate of drug-likeness (QED) is 0.442. The van der Waals surface area contributed by atoms with Crippen LogP contribution in [0.15, 0.2) is 73.1 Å². The maximum Gasteiger partial charge on any atom is 0.244 e. The molecule has 172 valence electrons. The molecule has 0 N–H and O–H groups in total. The second-order valence-corrected chi connectivity index (χ2v) is 7.93. The SMILES string of the molecule is COc1cccc(-c2nc(-c3ccccc3)n(CC(=O)N3CCN(c4ncccn4)CC3)n2)c1. The number of rotatable bonds is 6. The van der Waals surface area contributed by atoms with Crippen molar-refractivity contribution in [2.45, 2.75) is 6.54 Å². The molecule has 1 amide bonds. The van der Waals surface area contributed by atoms with Crippen LogP contribution in [0.3, 0.4) is 0 Å². The predicted molar refractivity (Wildman–Crippen MR) is 128 cm³/mol. The summed E-state index contributed by atoms with van der Waals surface area (Å²) < 4.78 is 7.04. The van der Waals surface area contributed by atoms with Crippen LogP contribution in [0.1, 0.15) is 0 Å². The number of piperazine rings is 1. The summed E-state index contributed by atoms with van der Waals surface area (Å²) >= 11 is 0. The Kier molecular flexibility index (Phi) is 6.15. The largest absolute Gasteiger partial charge is 0.497 e. The summed E-state index contributed by atoms with van der Waals surface area (Å²) in [5, 5.41) is 4.70. The summed E-state index contributed by atoms with van der Waals surface area (Å²) in [6.07, 6.45) is 3.46. The molecule has 9 nitrogen and oxygen atoms in total. The normalized spacial score (nSPS) is 13.7. The second kappa shape index (κ2) is 9.70.